The number of halogens is 1. The summed E-state index contributed by atoms with van der Waals surface area (Å²) in [5, 5.41) is 2.01. The van der Waals surface area contributed by atoms with Crippen LogP contribution >= 0.6 is 0 Å². The van der Waals surface area contributed by atoms with Crippen LogP contribution in [0.2, 0.25) is 0 Å². The van der Waals surface area contributed by atoms with Crippen LogP contribution in [-0.4, -0.2) is 5.55 Å². The lowest BCUT2D eigenvalue weighted by atomic mass is 10.2. The van der Waals surface area contributed by atoms with Gasteiger partial charge in [0.1, 0.15) is 5.82 Å². The summed E-state index contributed by atoms with van der Waals surface area (Å²) in [4.78, 5) is 4.36. The molecule has 2 nitrogen and oxygen atoms in total. The maximum atomic E-state index is 12.9. The molecule has 3 rings (SSSR count). The summed E-state index contributed by atoms with van der Waals surface area (Å²) in [6.07, 6.45) is 0. The van der Waals surface area contributed by atoms with Crippen LogP contribution in [0.1, 0.15) is 11.1 Å². The van der Waals surface area contributed by atoms with Crippen LogP contribution in [0.25, 0.3) is 5.70 Å². The third-order valence-electron chi connectivity index (χ3n) is 2.92. The van der Waals surface area contributed by atoms with Crippen molar-refractivity contribution in [2.45, 2.75) is 6.92 Å². The fraction of sp³-hybridized carbons (Fsp3) is 0.0625. The topological polar surface area (TPSA) is 24.7 Å². The second-order valence-corrected chi connectivity index (χ2v) is 5.84. The molecule has 0 saturated carbocycles. The quantitative estimate of drug-likeness (QED) is 0.769. The van der Waals surface area contributed by atoms with Crippen molar-refractivity contribution < 1.29 is 4.39 Å². The second kappa shape index (κ2) is 5.51. The maximum absolute atomic E-state index is 12.9. The number of hydrogen-bond donors (Lipinski definition) is 0. The highest BCUT2D eigenvalue weighted by atomic mass is 32.2. The van der Waals surface area contributed by atoms with Crippen molar-refractivity contribution in [3.05, 3.63) is 70.9 Å². The lowest BCUT2D eigenvalue weighted by molar-refractivity contribution is 0.627. The Balaban J connectivity index is 1.86. The predicted molar refractivity (Wildman–Crippen MR) is 83.5 cm³/mol. The van der Waals surface area contributed by atoms with Gasteiger partial charge in [-0.1, -0.05) is 17.7 Å². The van der Waals surface area contributed by atoms with Crippen molar-refractivity contribution in [1.82, 2.24) is 0 Å². The average molecular weight is 284 g/mol. The van der Waals surface area contributed by atoms with Gasteiger partial charge in [0.2, 0.25) is 0 Å². The van der Waals surface area contributed by atoms with Crippen molar-refractivity contribution >= 4 is 27.6 Å². The molecule has 0 aromatic heterocycles. The van der Waals surface area contributed by atoms with Gasteiger partial charge in [-0.25, -0.2) is 13.7 Å². The van der Waals surface area contributed by atoms with E-state index < -0.39 is 0 Å². The van der Waals surface area contributed by atoms with Crippen LogP contribution in [-0.2, 0) is 10.7 Å². The molecule has 100 valence electrons. The summed E-state index contributed by atoms with van der Waals surface area (Å²) in [6.45, 7) is 2.05. The molecule has 20 heavy (non-hydrogen) atoms. The van der Waals surface area contributed by atoms with E-state index in [0.29, 0.717) is 0 Å². The number of benzene rings is 2. The van der Waals surface area contributed by atoms with Crippen molar-refractivity contribution in [3.63, 3.8) is 0 Å². The Morgan fingerprint density at radius 1 is 1.00 bits per heavy atom. The van der Waals surface area contributed by atoms with E-state index in [-0.39, 0.29) is 16.5 Å². The third-order valence-corrected chi connectivity index (χ3v) is 4.12. The molecule has 0 N–H and O–H groups in total. The van der Waals surface area contributed by atoms with E-state index in [1.807, 2.05) is 35.2 Å². The largest absolute Gasteiger partial charge is 0.247 e. The Bertz CT molecular complexity index is 713. The molecule has 0 spiro atoms. The maximum Gasteiger partial charge on any atom is 0.123 e. The highest BCUT2D eigenvalue weighted by Crippen LogP contribution is 2.23. The summed E-state index contributed by atoms with van der Waals surface area (Å²) in [6, 6.07) is 14.4. The Labute approximate surface area is 119 Å². The predicted octanol–water partition coefficient (Wildman–Crippen LogP) is 4.61. The molecule has 0 fully saturated rings. The van der Waals surface area contributed by atoms with Crippen LogP contribution in [0.15, 0.2) is 63.3 Å². The van der Waals surface area contributed by atoms with Gasteiger partial charge in [0.25, 0.3) is 0 Å². The number of aryl methyl sites for hydroxylation is 1. The Kier molecular flexibility index (Phi) is 3.56. The smallest absolute Gasteiger partial charge is 0.123 e. The molecule has 0 bridgehead atoms. The summed E-state index contributed by atoms with van der Waals surface area (Å²) in [5.74, 6) is -0.236. The zero-order chi connectivity index (χ0) is 13.9. The standard InChI is InChI=1S/C16H13FN2S/c1-12-2-8-15(9-3-12)19-20-10-16(18-11-20)13-4-6-14(17)7-5-13/h2-11H,1H3. The zero-order valence-electron chi connectivity index (χ0n) is 11.0. The van der Waals surface area contributed by atoms with Crippen molar-refractivity contribution in [2.75, 3.05) is 0 Å². The van der Waals surface area contributed by atoms with E-state index in [9.17, 15) is 4.39 Å². The van der Waals surface area contributed by atoms with Crippen LogP contribution in [0, 0.1) is 12.7 Å². The molecule has 0 saturated heterocycles. The first-order chi connectivity index (χ1) is 9.70. The van der Waals surface area contributed by atoms with Crippen LogP contribution in [0.3, 0.4) is 0 Å². The average Bonchev–Trinajstić information content (AvgIpc) is 2.91. The Morgan fingerprint density at radius 3 is 2.40 bits per heavy atom. The molecular formula is C16H13FN2S. The van der Waals surface area contributed by atoms with E-state index in [1.165, 1.54) is 17.7 Å². The molecular weight excluding hydrogens is 271 g/mol. The highest BCUT2D eigenvalue weighted by molar-refractivity contribution is 8.03. The number of nitrogens with zero attached hydrogens (tertiary/aromatic N) is 2. The summed E-state index contributed by atoms with van der Waals surface area (Å²) >= 11 is 0. The molecule has 1 atom stereocenters. The van der Waals surface area contributed by atoms with Gasteiger partial charge >= 0.3 is 0 Å². The normalized spacial score (nSPS) is 17.5. The van der Waals surface area contributed by atoms with Crippen molar-refractivity contribution in [2.24, 2.45) is 9.36 Å². The lowest BCUT2D eigenvalue weighted by Crippen LogP contribution is -1.80. The van der Waals surface area contributed by atoms with Crippen LogP contribution < -0.4 is 0 Å². The number of hydrogen-bond acceptors (Lipinski definition) is 2. The summed E-state index contributed by atoms with van der Waals surface area (Å²) < 4.78 is 17.5. The van der Waals surface area contributed by atoms with Gasteiger partial charge in [0, 0.05) is 11.0 Å². The molecule has 1 heterocycles. The molecule has 4 heteroatoms. The molecule has 1 aliphatic heterocycles. The van der Waals surface area contributed by atoms with Gasteiger partial charge in [-0.05, 0) is 54.0 Å². The first-order valence-corrected chi connectivity index (χ1v) is 7.54. The van der Waals surface area contributed by atoms with Crippen LogP contribution in [0.5, 0.6) is 0 Å². The molecule has 0 aliphatic carbocycles. The van der Waals surface area contributed by atoms with Crippen LogP contribution in [0.4, 0.5) is 10.1 Å². The van der Waals surface area contributed by atoms with Crippen molar-refractivity contribution in [3.8, 4) is 0 Å². The Hall–Kier alpha value is -2.07. The van der Waals surface area contributed by atoms with Crippen molar-refractivity contribution in [1.29, 1.82) is 0 Å². The molecule has 2 aromatic rings. The summed E-state index contributed by atoms with van der Waals surface area (Å²) in [7, 11) is -0.343. The zero-order valence-corrected chi connectivity index (χ0v) is 11.8. The molecule has 1 unspecified atom stereocenters. The van der Waals surface area contributed by atoms with E-state index in [2.05, 4.69) is 16.3 Å². The van der Waals surface area contributed by atoms with E-state index in [4.69, 9.17) is 0 Å². The number of aliphatic imine (C=N–C) groups is 1. The first-order valence-electron chi connectivity index (χ1n) is 6.23. The fourth-order valence-electron chi connectivity index (χ4n) is 1.83. The first kappa shape index (κ1) is 12.9. The van der Waals surface area contributed by atoms with Gasteiger partial charge in [-0.2, -0.15) is 0 Å². The van der Waals surface area contributed by atoms with E-state index in [1.54, 1.807) is 12.1 Å². The van der Waals surface area contributed by atoms with Gasteiger partial charge < -0.3 is 0 Å². The van der Waals surface area contributed by atoms with Gasteiger partial charge in [-0.15, -0.1) is 0 Å². The fourth-order valence-corrected chi connectivity index (χ4v) is 3.00. The SMILES string of the molecule is Cc1ccc(N=S2C=NC(c3ccc(F)cc3)=C2)cc1. The third kappa shape index (κ3) is 2.91. The molecule has 0 radical (unpaired) electrons. The number of rotatable bonds is 2. The minimum atomic E-state index is -0.343. The molecule has 2 aromatic carbocycles. The second-order valence-electron chi connectivity index (χ2n) is 4.52. The van der Waals surface area contributed by atoms with Gasteiger partial charge in [0.15, 0.2) is 0 Å². The highest BCUT2D eigenvalue weighted by Gasteiger charge is 2.07. The lowest BCUT2D eigenvalue weighted by Gasteiger charge is -1.97. The monoisotopic (exact) mass is 284 g/mol. The minimum absolute atomic E-state index is 0.236. The van der Waals surface area contributed by atoms with E-state index in [0.717, 1.165) is 16.9 Å². The summed E-state index contributed by atoms with van der Waals surface area (Å²) in [5.41, 5.74) is 5.76. The van der Waals surface area contributed by atoms with Gasteiger partial charge in [-0.3, -0.25) is 0 Å². The molecule has 1 aliphatic rings. The van der Waals surface area contributed by atoms with E-state index >= 15 is 0 Å². The Morgan fingerprint density at radius 2 is 1.70 bits per heavy atom. The molecule has 0 amide bonds. The van der Waals surface area contributed by atoms with Gasteiger partial charge in [0.05, 0.1) is 16.9 Å². The minimum Gasteiger partial charge on any atom is -0.247 e.